The van der Waals surface area contributed by atoms with Gasteiger partial charge in [0.1, 0.15) is 5.75 Å². The Balaban J connectivity index is 2.54. The van der Waals surface area contributed by atoms with Crippen LogP contribution >= 0.6 is 0 Å². The number of methoxy groups -OCH3 is 1. The van der Waals surface area contributed by atoms with Crippen molar-refractivity contribution in [1.29, 1.82) is 0 Å². The summed E-state index contributed by atoms with van der Waals surface area (Å²) in [6, 6.07) is 6.64. The highest BCUT2D eigenvalue weighted by molar-refractivity contribution is 5.95. The third-order valence-corrected chi connectivity index (χ3v) is 2.76. The van der Waals surface area contributed by atoms with Gasteiger partial charge < -0.3 is 14.7 Å². The molecule has 1 aromatic rings. The summed E-state index contributed by atoms with van der Waals surface area (Å²) >= 11 is 0. The molecule has 0 bridgehead atoms. The van der Waals surface area contributed by atoms with Gasteiger partial charge in [0.05, 0.1) is 20.1 Å². The predicted molar refractivity (Wildman–Crippen MR) is 74.9 cm³/mol. The topological polar surface area (TPSA) is 95.9 Å². The minimum Gasteiger partial charge on any atom is -0.496 e. The lowest BCUT2D eigenvalue weighted by molar-refractivity contribution is -0.138. The number of carboxylic acid groups (broad SMARTS) is 1. The Morgan fingerprint density at radius 3 is 2.52 bits per heavy atom. The van der Waals surface area contributed by atoms with Crippen LogP contribution in [0.1, 0.15) is 18.4 Å². The third-order valence-electron chi connectivity index (χ3n) is 2.76. The molecule has 0 aliphatic heterocycles. The van der Waals surface area contributed by atoms with E-state index in [9.17, 15) is 14.4 Å². The van der Waals surface area contributed by atoms with Crippen LogP contribution < -0.4 is 10.1 Å². The van der Waals surface area contributed by atoms with Crippen LogP contribution in [-0.4, -0.2) is 42.1 Å². The highest BCUT2D eigenvalue weighted by atomic mass is 16.5. The lowest BCUT2D eigenvalue weighted by Gasteiger charge is -2.18. The van der Waals surface area contributed by atoms with Gasteiger partial charge in [0.15, 0.2) is 0 Å². The lowest BCUT2D eigenvalue weighted by atomic mass is 10.2. The lowest BCUT2D eigenvalue weighted by Crippen LogP contribution is -2.40. The zero-order valence-electron chi connectivity index (χ0n) is 12.0. The first-order chi connectivity index (χ1) is 9.93. The molecule has 0 aliphatic rings. The van der Waals surface area contributed by atoms with Gasteiger partial charge in [0.2, 0.25) is 5.91 Å². The molecule has 1 rings (SSSR count). The van der Waals surface area contributed by atoms with E-state index in [1.54, 1.807) is 6.07 Å². The molecule has 3 amide bonds. The largest absolute Gasteiger partial charge is 0.496 e. The number of para-hydroxylation sites is 1. The zero-order valence-corrected chi connectivity index (χ0v) is 12.0. The number of nitrogens with one attached hydrogen (secondary N) is 1. The summed E-state index contributed by atoms with van der Waals surface area (Å²) in [6.45, 7) is 0.266. The Bertz CT molecular complexity index is 530. The summed E-state index contributed by atoms with van der Waals surface area (Å²) in [7, 11) is 3.07. The van der Waals surface area contributed by atoms with Crippen molar-refractivity contribution < 1.29 is 24.2 Å². The number of benzene rings is 1. The standard InChI is InChI=1S/C14H18N2O5/c1-16(9-10-5-3-4-6-11(10)21-2)14(20)15-12(17)7-8-13(18)19/h3-6H,7-9H2,1-2H3,(H,18,19)(H,15,17,20). The Kier molecular flexibility index (Phi) is 6.19. The highest BCUT2D eigenvalue weighted by Gasteiger charge is 2.15. The zero-order chi connectivity index (χ0) is 15.8. The molecule has 0 saturated heterocycles. The van der Waals surface area contributed by atoms with Gasteiger partial charge in [0.25, 0.3) is 0 Å². The smallest absolute Gasteiger partial charge is 0.324 e. The molecule has 2 N–H and O–H groups in total. The van der Waals surface area contributed by atoms with Crippen LogP contribution in [0.4, 0.5) is 4.79 Å². The maximum absolute atomic E-state index is 11.8. The van der Waals surface area contributed by atoms with Crippen LogP contribution in [0.25, 0.3) is 0 Å². The van der Waals surface area contributed by atoms with E-state index in [1.807, 2.05) is 18.2 Å². The SMILES string of the molecule is COc1ccccc1CN(C)C(=O)NC(=O)CCC(=O)O. The Morgan fingerprint density at radius 1 is 1.24 bits per heavy atom. The summed E-state index contributed by atoms with van der Waals surface area (Å²) in [5.41, 5.74) is 0.802. The monoisotopic (exact) mass is 294 g/mol. The van der Waals surface area contributed by atoms with Crippen LogP contribution in [0.15, 0.2) is 24.3 Å². The second-order valence-electron chi connectivity index (χ2n) is 4.41. The fraction of sp³-hybridized carbons (Fsp3) is 0.357. The molecule has 7 nitrogen and oxygen atoms in total. The quantitative estimate of drug-likeness (QED) is 0.822. The molecule has 0 spiro atoms. The number of ether oxygens (including phenoxy) is 1. The van der Waals surface area contributed by atoms with Crippen LogP contribution in [0, 0.1) is 0 Å². The minimum atomic E-state index is -1.08. The van der Waals surface area contributed by atoms with Crippen LogP contribution in [0.3, 0.4) is 0 Å². The molecule has 0 atom stereocenters. The van der Waals surface area contributed by atoms with Gasteiger partial charge >= 0.3 is 12.0 Å². The molecule has 21 heavy (non-hydrogen) atoms. The number of hydrogen-bond acceptors (Lipinski definition) is 4. The van der Waals surface area contributed by atoms with E-state index >= 15 is 0 Å². The summed E-state index contributed by atoms with van der Waals surface area (Å²) in [5, 5.41) is 10.6. The van der Waals surface area contributed by atoms with Gasteiger partial charge in [-0.25, -0.2) is 4.79 Å². The third kappa shape index (κ3) is 5.52. The molecule has 1 aromatic carbocycles. The Labute approximate surface area is 122 Å². The maximum Gasteiger partial charge on any atom is 0.324 e. The molecule has 0 heterocycles. The molecular formula is C14H18N2O5. The number of aliphatic carboxylic acids is 1. The molecule has 0 unspecified atom stereocenters. The normalized spacial score (nSPS) is 9.81. The first-order valence-corrected chi connectivity index (χ1v) is 6.32. The predicted octanol–water partition coefficient (Wildman–Crippen LogP) is 1.23. The highest BCUT2D eigenvalue weighted by Crippen LogP contribution is 2.18. The molecule has 7 heteroatoms. The number of urea groups is 1. The molecule has 0 aromatic heterocycles. The van der Waals surface area contributed by atoms with Gasteiger partial charge in [-0.15, -0.1) is 0 Å². The first-order valence-electron chi connectivity index (χ1n) is 6.32. The van der Waals surface area contributed by atoms with Gasteiger partial charge in [-0.05, 0) is 6.07 Å². The molecule has 114 valence electrons. The molecule has 0 aliphatic carbocycles. The van der Waals surface area contributed by atoms with Crippen molar-refractivity contribution in [2.75, 3.05) is 14.2 Å². The molecule has 0 fully saturated rings. The summed E-state index contributed by atoms with van der Waals surface area (Å²) in [4.78, 5) is 34.9. The van der Waals surface area contributed by atoms with Crippen molar-refractivity contribution >= 4 is 17.9 Å². The van der Waals surface area contributed by atoms with E-state index in [0.29, 0.717) is 5.75 Å². The van der Waals surface area contributed by atoms with Gasteiger partial charge in [-0.2, -0.15) is 0 Å². The van der Waals surface area contributed by atoms with Crippen molar-refractivity contribution in [3.05, 3.63) is 29.8 Å². The average molecular weight is 294 g/mol. The second kappa shape index (κ2) is 7.88. The number of rotatable bonds is 6. The number of amides is 3. The van der Waals surface area contributed by atoms with E-state index in [1.165, 1.54) is 19.1 Å². The number of imide groups is 1. The first kappa shape index (κ1) is 16.5. The molecule has 0 saturated carbocycles. The second-order valence-corrected chi connectivity index (χ2v) is 4.41. The number of nitrogens with zero attached hydrogens (tertiary/aromatic N) is 1. The summed E-state index contributed by atoms with van der Waals surface area (Å²) in [5.74, 6) is -1.05. The van der Waals surface area contributed by atoms with Gasteiger partial charge in [-0.3, -0.25) is 14.9 Å². The van der Waals surface area contributed by atoms with Crippen LogP contribution in [-0.2, 0) is 16.1 Å². The van der Waals surface area contributed by atoms with Gasteiger partial charge in [-0.1, -0.05) is 18.2 Å². The van der Waals surface area contributed by atoms with E-state index in [4.69, 9.17) is 9.84 Å². The van der Waals surface area contributed by atoms with E-state index in [-0.39, 0.29) is 19.4 Å². The fourth-order valence-corrected chi connectivity index (χ4v) is 1.66. The average Bonchev–Trinajstić information content (AvgIpc) is 2.45. The van der Waals surface area contributed by atoms with Crippen LogP contribution in [0.5, 0.6) is 5.75 Å². The van der Waals surface area contributed by atoms with E-state index in [2.05, 4.69) is 5.32 Å². The fourth-order valence-electron chi connectivity index (χ4n) is 1.66. The van der Waals surface area contributed by atoms with Crippen LogP contribution in [0.2, 0.25) is 0 Å². The summed E-state index contributed by atoms with van der Waals surface area (Å²) in [6.07, 6.45) is -0.543. The number of carbonyl (C=O) groups is 3. The van der Waals surface area contributed by atoms with Crippen molar-refractivity contribution in [2.24, 2.45) is 0 Å². The Hall–Kier alpha value is -2.57. The van der Waals surface area contributed by atoms with Crippen molar-refractivity contribution in [3.63, 3.8) is 0 Å². The van der Waals surface area contributed by atoms with Crippen molar-refractivity contribution in [3.8, 4) is 5.75 Å². The maximum atomic E-state index is 11.8. The Morgan fingerprint density at radius 2 is 1.90 bits per heavy atom. The van der Waals surface area contributed by atoms with E-state index < -0.39 is 17.9 Å². The van der Waals surface area contributed by atoms with Crippen molar-refractivity contribution in [1.82, 2.24) is 10.2 Å². The number of carboxylic acids is 1. The van der Waals surface area contributed by atoms with Crippen molar-refractivity contribution in [2.45, 2.75) is 19.4 Å². The molecule has 0 radical (unpaired) electrons. The number of hydrogen-bond donors (Lipinski definition) is 2. The van der Waals surface area contributed by atoms with E-state index in [0.717, 1.165) is 5.56 Å². The van der Waals surface area contributed by atoms with Gasteiger partial charge in [0, 0.05) is 19.0 Å². The summed E-state index contributed by atoms with van der Waals surface area (Å²) < 4.78 is 5.18. The minimum absolute atomic E-state index is 0.233. The molecular weight excluding hydrogens is 276 g/mol. The number of carbonyl (C=O) groups excluding carboxylic acids is 2.